The van der Waals surface area contributed by atoms with Crippen molar-refractivity contribution in [2.24, 2.45) is 0 Å². The molecule has 116 valence electrons. The topological polar surface area (TPSA) is 49.9 Å². The van der Waals surface area contributed by atoms with E-state index < -0.39 is 11.9 Å². The van der Waals surface area contributed by atoms with Gasteiger partial charge in [-0.25, -0.2) is 4.79 Å². The molecule has 0 bridgehead atoms. The van der Waals surface area contributed by atoms with Gasteiger partial charge in [0.15, 0.2) is 0 Å². The van der Waals surface area contributed by atoms with Gasteiger partial charge in [0.25, 0.3) is 0 Å². The number of ether oxygens (including phenoxy) is 1. The van der Waals surface area contributed by atoms with Gasteiger partial charge in [0.05, 0.1) is 6.42 Å². The van der Waals surface area contributed by atoms with Gasteiger partial charge < -0.3 is 4.74 Å². The fraction of sp³-hybridized carbons (Fsp3) is 0.625. The van der Waals surface area contributed by atoms with Crippen molar-refractivity contribution in [2.45, 2.75) is 38.8 Å². The van der Waals surface area contributed by atoms with E-state index in [2.05, 4.69) is 27.7 Å². The normalized spacial score (nSPS) is 25.7. The predicted molar refractivity (Wildman–Crippen MR) is 80.7 cm³/mol. The van der Waals surface area contributed by atoms with Gasteiger partial charge in [-0.15, -0.1) is 6.58 Å². The van der Waals surface area contributed by atoms with E-state index in [1.165, 1.54) is 0 Å². The third-order valence-corrected chi connectivity index (χ3v) is 4.19. The van der Waals surface area contributed by atoms with Gasteiger partial charge in [-0.05, 0) is 20.3 Å². The molecule has 0 saturated carbocycles. The van der Waals surface area contributed by atoms with Crippen LogP contribution < -0.4 is 0 Å². The molecule has 2 atom stereocenters. The Balaban J connectivity index is 1.93. The molecule has 2 saturated heterocycles. The molecule has 5 heteroatoms. The van der Waals surface area contributed by atoms with Gasteiger partial charge in [-0.1, -0.05) is 17.7 Å². The Bertz CT molecular complexity index is 464. The molecule has 2 aliphatic rings. The third-order valence-electron chi connectivity index (χ3n) is 4.19. The molecule has 0 aliphatic carbocycles. The summed E-state index contributed by atoms with van der Waals surface area (Å²) in [5.74, 6) is -0.804. The Morgan fingerprint density at radius 2 is 1.86 bits per heavy atom. The van der Waals surface area contributed by atoms with Crippen LogP contribution in [0.2, 0.25) is 0 Å². The fourth-order valence-corrected chi connectivity index (χ4v) is 3.05. The minimum absolute atomic E-state index is 0.189. The first-order valence-electron chi connectivity index (χ1n) is 7.41. The number of hydrogen-bond donors (Lipinski definition) is 0. The number of cyclic esters (lactones) is 2. The maximum absolute atomic E-state index is 11.6. The molecule has 0 amide bonds. The van der Waals surface area contributed by atoms with Crippen molar-refractivity contribution in [2.75, 3.05) is 26.2 Å². The minimum atomic E-state index is -0.408. The first kappa shape index (κ1) is 15.9. The average Bonchev–Trinajstić information content (AvgIpc) is 2.75. The third kappa shape index (κ3) is 3.80. The van der Waals surface area contributed by atoms with Crippen molar-refractivity contribution in [3.8, 4) is 0 Å². The lowest BCUT2D eigenvalue weighted by molar-refractivity contribution is -0.153. The predicted octanol–water partition coefficient (Wildman–Crippen LogP) is 1.36. The van der Waals surface area contributed by atoms with Crippen LogP contribution in [-0.4, -0.2) is 60.0 Å². The molecule has 0 aromatic rings. The summed E-state index contributed by atoms with van der Waals surface area (Å²) in [6.07, 6.45) is 1.10. The van der Waals surface area contributed by atoms with Gasteiger partial charge in [0, 0.05) is 32.2 Å². The smallest absolute Gasteiger partial charge is 0.331 e. The first-order chi connectivity index (χ1) is 9.88. The number of piperazine rings is 1. The van der Waals surface area contributed by atoms with E-state index in [1.54, 1.807) is 0 Å². The largest absolute Gasteiger partial charge is 0.392 e. The van der Waals surface area contributed by atoms with Gasteiger partial charge in [0.2, 0.25) is 0 Å². The molecule has 2 rings (SSSR count). The van der Waals surface area contributed by atoms with Crippen LogP contribution in [0.4, 0.5) is 0 Å². The minimum Gasteiger partial charge on any atom is -0.392 e. The summed E-state index contributed by atoms with van der Waals surface area (Å²) in [7, 11) is 0. The van der Waals surface area contributed by atoms with Crippen molar-refractivity contribution >= 4 is 11.9 Å². The summed E-state index contributed by atoms with van der Waals surface area (Å²) in [6.45, 7) is 15.4. The summed E-state index contributed by atoms with van der Waals surface area (Å²) >= 11 is 0. The van der Waals surface area contributed by atoms with Crippen LogP contribution in [-0.2, 0) is 14.3 Å². The van der Waals surface area contributed by atoms with Crippen LogP contribution in [0.25, 0.3) is 0 Å². The highest BCUT2D eigenvalue weighted by Gasteiger charge is 2.39. The summed E-state index contributed by atoms with van der Waals surface area (Å²) in [4.78, 5) is 27.3. The van der Waals surface area contributed by atoms with E-state index in [0.29, 0.717) is 6.04 Å². The van der Waals surface area contributed by atoms with Crippen LogP contribution >= 0.6 is 0 Å². The highest BCUT2D eigenvalue weighted by molar-refractivity contribution is 5.96. The molecule has 2 fully saturated rings. The Morgan fingerprint density at radius 1 is 1.24 bits per heavy atom. The molecular formula is C16H24N2O3. The number of hydrogen-bond acceptors (Lipinski definition) is 5. The average molecular weight is 292 g/mol. The summed E-state index contributed by atoms with van der Waals surface area (Å²) in [5.41, 5.74) is 2.29. The Labute approximate surface area is 126 Å². The summed E-state index contributed by atoms with van der Waals surface area (Å²) in [6, 6.07) is -0.0779. The Hall–Kier alpha value is -1.46. The highest BCUT2D eigenvalue weighted by Crippen LogP contribution is 2.22. The van der Waals surface area contributed by atoms with Crippen molar-refractivity contribution < 1.29 is 14.3 Å². The molecule has 0 spiro atoms. The van der Waals surface area contributed by atoms with Crippen molar-refractivity contribution in [3.63, 3.8) is 0 Å². The van der Waals surface area contributed by atoms with Gasteiger partial charge >= 0.3 is 11.9 Å². The van der Waals surface area contributed by atoms with Crippen molar-refractivity contribution in [3.05, 3.63) is 24.3 Å². The monoisotopic (exact) mass is 292 g/mol. The SMILES string of the molecule is C=C(C)CC(C(=C)C)N1CCN(C2CC(=O)OC2=O)CC1. The number of esters is 2. The fourth-order valence-electron chi connectivity index (χ4n) is 3.05. The van der Waals surface area contributed by atoms with E-state index in [0.717, 1.165) is 43.7 Å². The molecule has 0 aromatic heterocycles. The molecule has 2 aliphatic heterocycles. The molecule has 0 radical (unpaired) electrons. The molecule has 0 aromatic carbocycles. The zero-order valence-corrected chi connectivity index (χ0v) is 12.9. The first-order valence-corrected chi connectivity index (χ1v) is 7.41. The quantitative estimate of drug-likeness (QED) is 0.435. The van der Waals surface area contributed by atoms with E-state index in [-0.39, 0.29) is 12.5 Å². The van der Waals surface area contributed by atoms with E-state index in [9.17, 15) is 9.59 Å². The van der Waals surface area contributed by atoms with E-state index in [1.807, 2.05) is 13.8 Å². The standard InChI is InChI=1S/C16H24N2O3/c1-11(2)9-13(12(3)4)17-5-7-18(8-6-17)14-10-15(19)21-16(14)20/h13-14H,1,3,5-10H2,2,4H3. The van der Waals surface area contributed by atoms with Crippen molar-refractivity contribution in [1.29, 1.82) is 0 Å². The molecule has 5 nitrogen and oxygen atoms in total. The lowest BCUT2D eigenvalue weighted by Crippen LogP contribution is -2.54. The molecule has 21 heavy (non-hydrogen) atoms. The van der Waals surface area contributed by atoms with Crippen LogP contribution in [0, 0.1) is 0 Å². The van der Waals surface area contributed by atoms with Gasteiger partial charge in [0.1, 0.15) is 6.04 Å². The Kier molecular flexibility index (Phi) is 4.96. The molecule has 2 heterocycles. The zero-order chi connectivity index (χ0) is 15.6. The van der Waals surface area contributed by atoms with Crippen LogP contribution in [0.1, 0.15) is 26.7 Å². The van der Waals surface area contributed by atoms with Gasteiger partial charge in [-0.2, -0.15) is 0 Å². The van der Waals surface area contributed by atoms with Crippen molar-refractivity contribution in [1.82, 2.24) is 9.80 Å². The number of rotatable bonds is 5. The maximum Gasteiger partial charge on any atom is 0.331 e. The number of carbonyl (C=O) groups excluding carboxylic acids is 2. The summed E-state index contributed by atoms with van der Waals surface area (Å²) < 4.78 is 4.63. The van der Waals surface area contributed by atoms with E-state index >= 15 is 0 Å². The number of nitrogens with zero attached hydrogens (tertiary/aromatic N) is 2. The molecular weight excluding hydrogens is 268 g/mol. The molecule has 0 N–H and O–H groups in total. The Morgan fingerprint density at radius 3 is 2.29 bits per heavy atom. The molecule has 2 unspecified atom stereocenters. The van der Waals surface area contributed by atoms with Gasteiger partial charge in [-0.3, -0.25) is 14.6 Å². The maximum atomic E-state index is 11.6. The second-order valence-corrected chi connectivity index (χ2v) is 6.11. The highest BCUT2D eigenvalue weighted by atomic mass is 16.6. The van der Waals surface area contributed by atoms with E-state index in [4.69, 9.17) is 0 Å². The van der Waals surface area contributed by atoms with Crippen LogP contribution in [0.3, 0.4) is 0 Å². The van der Waals surface area contributed by atoms with Crippen LogP contribution in [0.5, 0.6) is 0 Å². The second kappa shape index (κ2) is 6.54. The lowest BCUT2D eigenvalue weighted by atomic mass is 10.00. The summed E-state index contributed by atoms with van der Waals surface area (Å²) in [5, 5.41) is 0. The second-order valence-electron chi connectivity index (χ2n) is 6.11. The van der Waals surface area contributed by atoms with Crippen LogP contribution in [0.15, 0.2) is 24.3 Å². The zero-order valence-electron chi connectivity index (χ0n) is 12.9. The number of carbonyl (C=O) groups is 2. The lowest BCUT2D eigenvalue weighted by Gasteiger charge is -2.40.